The molecule has 0 N–H and O–H groups in total. The van der Waals surface area contributed by atoms with Crippen LogP contribution < -0.4 is 0 Å². The van der Waals surface area contributed by atoms with Gasteiger partial charge in [-0.1, -0.05) is 24.3 Å². The summed E-state index contributed by atoms with van der Waals surface area (Å²) in [7, 11) is 0. The maximum atomic E-state index is 12.8. The van der Waals surface area contributed by atoms with E-state index in [2.05, 4.69) is 24.3 Å². The Bertz CT molecular complexity index is 441. The van der Waals surface area contributed by atoms with Gasteiger partial charge in [-0.2, -0.15) is 0 Å². The minimum atomic E-state index is 0.0431. The molecule has 5 aliphatic rings. The molecular weight excluding hydrogens is 224 g/mol. The fraction of sp³-hybridized carbons (Fsp3) is 0.625. The van der Waals surface area contributed by atoms with Crippen molar-refractivity contribution in [1.82, 2.24) is 0 Å². The molecule has 0 aromatic carbocycles. The Morgan fingerprint density at radius 2 is 0.889 bits per heavy atom. The van der Waals surface area contributed by atoms with Crippen molar-refractivity contribution in [1.29, 1.82) is 0 Å². The van der Waals surface area contributed by atoms with Crippen molar-refractivity contribution in [3.8, 4) is 0 Å². The Hall–Kier alpha value is -1.18. The van der Waals surface area contributed by atoms with Crippen LogP contribution in [-0.2, 0) is 9.59 Å². The van der Waals surface area contributed by atoms with Gasteiger partial charge >= 0.3 is 0 Å². The third-order valence-corrected chi connectivity index (χ3v) is 6.23. The van der Waals surface area contributed by atoms with Crippen molar-refractivity contribution < 1.29 is 9.59 Å². The highest BCUT2D eigenvalue weighted by Gasteiger charge is 2.63. The molecule has 3 saturated carbocycles. The summed E-state index contributed by atoms with van der Waals surface area (Å²) in [6, 6.07) is 0. The van der Waals surface area contributed by atoms with Crippen LogP contribution in [0.25, 0.3) is 0 Å². The highest BCUT2D eigenvalue weighted by atomic mass is 16.1. The van der Waals surface area contributed by atoms with Crippen molar-refractivity contribution in [3.05, 3.63) is 24.3 Å². The van der Waals surface area contributed by atoms with Crippen molar-refractivity contribution in [2.24, 2.45) is 47.3 Å². The zero-order valence-electron chi connectivity index (χ0n) is 10.2. The minimum Gasteiger partial charge on any atom is -0.299 e. The molecule has 2 heteroatoms. The van der Waals surface area contributed by atoms with E-state index < -0.39 is 0 Å². The highest BCUT2D eigenvalue weighted by molar-refractivity contribution is 6.02. The topological polar surface area (TPSA) is 34.1 Å². The molecule has 0 radical (unpaired) electrons. The molecule has 0 heterocycles. The Morgan fingerprint density at radius 1 is 0.611 bits per heavy atom. The molecule has 5 aliphatic carbocycles. The smallest absolute Gasteiger partial charge is 0.141 e. The molecule has 0 amide bonds. The first kappa shape index (κ1) is 9.71. The predicted octanol–water partition coefficient (Wildman–Crippen LogP) is 2.01. The van der Waals surface area contributed by atoms with Crippen molar-refractivity contribution in [3.63, 3.8) is 0 Å². The first-order chi connectivity index (χ1) is 8.75. The first-order valence-corrected chi connectivity index (χ1v) is 7.20. The lowest BCUT2D eigenvalue weighted by molar-refractivity contribution is -0.148. The van der Waals surface area contributed by atoms with Crippen LogP contribution in [0.5, 0.6) is 0 Å². The Balaban J connectivity index is 1.65. The molecule has 5 rings (SSSR count). The Kier molecular flexibility index (Phi) is 1.55. The van der Waals surface area contributed by atoms with Crippen molar-refractivity contribution >= 4 is 11.6 Å². The van der Waals surface area contributed by atoms with Crippen LogP contribution in [0.1, 0.15) is 12.8 Å². The van der Waals surface area contributed by atoms with Crippen LogP contribution in [-0.4, -0.2) is 11.6 Å². The summed E-state index contributed by atoms with van der Waals surface area (Å²) in [4.78, 5) is 25.6. The summed E-state index contributed by atoms with van der Waals surface area (Å²) in [5, 5.41) is 0. The first-order valence-electron chi connectivity index (χ1n) is 7.20. The van der Waals surface area contributed by atoms with Gasteiger partial charge in [0.25, 0.3) is 0 Å². The summed E-state index contributed by atoms with van der Waals surface area (Å²) in [6.07, 6.45) is 10.9. The largest absolute Gasteiger partial charge is 0.299 e. The number of Topliss-reactive ketones (excluding diaryl/α,β-unsaturated/α-hetero) is 2. The standard InChI is InChI=1S/C16H16O2/c17-15-11-7-1-2-8(5-7)12(11)16(18)14-10-4-3-9(6-10)13(14)15/h1-4,7-14H,5-6H2/t7-,8-,9-,10-,11-,12+,13-,14+/m0/s1. The van der Waals surface area contributed by atoms with Crippen LogP contribution in [0.4, 0.5) is 0 Å². The van der Waals surface area contributed by atoms with E-state index in [1.165, 1.54) is 0 Å². The Morgan fingerprint density at radius 3 is 1.17 bits per heavy atom. The molecule has 2 nitrogen and oxygen atoms in total. The molecule has 0 saturated heterocycles. The molecule has 18 heavy (non-hydrogen) atoms. The van der Waals surface area contributed by atoms with Crippen LogP contribution in [0.2, 0.25) is 0 Å². The highest BCUT2D eigenvalue weighted by Crippen LogP contribution is 2.60. The second-order valence-electron chi connectivity index (χ2n) is 6.80. The molecular formula is C16H16O2. The predicted molar refractivity (Wildman–Crippen MR) is 65.4 cm³/mol. The lowest BCUT2D eigenvalue weighted by atomic mass is 9.60. The summed E-state index contributed by atoms with van der Waals surface area (Å²) in [5.41, 5.74) is 0. The number of allylic oxidation sites excluding steroid dienone is 4. The number of rotatable bonds is 0. The minimum absolute atomic E-state index is 0.0431. The average molecular weight is 240 g/mol. The number of hydrogen-bond donors (Lipinski definition) is 0. The van der Waals surface area contributed by atoms with Gasteiger partial charge in [0, 0.05) is 23.7 Å². The van der Waals surface area contributed by atoms with Crippen molar-refractivity contribution in [2.45, 2.75) is 12.8 Å². The second kappa shape index (κ2) is 2.87. The molecule has 0 aliphatic heterocycles. The van der Waals surface area contributed by atoms with E-state index in [0.29, 0.717) is 35.2 Å². The van der Waals surface area contributed by atoms with E-state index in [1.54, 1.807) is 0 Å². The second-order valence-corrected chi connectivity index (χ2v) is 6.80. The number of fused-ring (bicyclic) bond motifs is 10. The fourth-order valence-electron chi connectivity index (χ4n) is 5.64. The lowest BCUT2D eigenvalue weighted by Crippen LogP contribution is -2.50. The van der Waals surface area contributed by atoms with Crippen molar-refractivity contribution in [2.75, 3.05) is 0 Å². The van der Waals surface area contributed by atoms with Gasteiger partial charge in [0.05, 0.1) is 0 Å². The molecule has 0 unspecified atom stereocenters. The van der Waals surface area contributed by atoms with E-state index in [0.717, 1.165) is 12.8 Å². The molecule has 8 atom stereocenters. The van der Waals surface area contributed by atoms with Gasteiger partial charge in [-0.05, 0) is 36.5 Å². The monoisotopic (exact) mass is 240 g/mol. The van der Waals surface area contributed by atoms with Crippen LogP contribution in [0, 0.1) is 47.3 Å². The zero-order chi connectivity index (χ0) is 12.0. The van der Waals surface area contributed by atoms with Crippen LogP contribution in [0.3, 0.4) is 0 Å². The molecule has 3 fully saturated rings. The van der Waals surface area contributed by atoms with Gasteiger partial charge in [-0.25, -0.2) is 0 Å². The average Bonchev–Trinajstić information content (AvgIpc) is 3.10. The summed E-state index contributed by atoms with van der Waals surface area (Å²) < 4.78 is 0. The molecule has 0 spiro atoms. The van der Waals surface area contributed by atoms with E-state index in [1.807, 2.05) is 0 Å². The van der Waals surface area contributed by atoms with Crippen LogP contribution in [0.15, 0.2) is 24.3 Å². The van der Waals surface area contributed by atoms with Crippen LogP contribution >= 0.6 is 0 Å². The van der Waals surface area contributed by atoms with Gasteiger partial charge in [0.15, 0.2) is 0 Å². The lowest BCUT2D eigenvalue weighted by Gasteiger charge is -2.40. The molecule has 92 valence electrons. The van der Waals surface area contributed by atoms with Gasteiger partial charge in [0.1, 0.15) is 11.6 Å². The van der Waals surface area contributed by atoms with Gasteiger partial charge < -0.3 is 0 Å². The normalized spacial score (nSPS) is 58.4. The third-order valence-electron chi connectivity index (χ3n) is 6.23. The quantitative estimate of drug-likeness (QED) is 0.607. The SMILES string of the molecule is O=C1[C@@H]2[C@H](C(=O)[C@H]3[C@@H]1[C@H]1C=C[C@H]3C1)[C@H]1C=C[C@H]2C1. The molecule has 4 bridgehead atoms. The number of carbonyl (C=O) groups is 2. The summed E-state index contributed by atoms with van der Waals surface area (Å²) >= 11 is 0. The number of hydrogen-bond acceptors (Lipinski definition) is 2. The summed E-state index contributed by atoms with van der Waals surface area (Å²) in [5.74, 6) is 2.53. The zero-order valence-corrected chi connectivity index (χ0v) is 10.2. The van der Waals surface area contributed by atoms with E-state index in [-0.39, 0.29) is 23.7 Å². The maximum Gasteiger partial charge on any atom is 0.141 e. The fourth-order valence-corrected chi connectivity index (χ4v) is 5.64. The van der Waals surface area contributed by atoms with Gasteiger partial charge in [-0.3, -0.25) is 9.59 Å². The molecule has 0 aromatic rings. The van der Waals surface area contributed by atoms with Gasteiger partial charge in [0.2, 0.25) is 0 Å². The van der Waals surface area contributed by atoms with E-state index in [4.69, 9.17) is 0 Å². The molecule has 0 aromatic heterocycles. The summed E-state index contributed by atoms with van der Waals surface area (Å²) in [6.45, 7) is 0. The Labute approximate surface area is 106 Å². The van der Waals surface area contributed by atoms with E-state index in [9.17, 15) is 9.59 Å². The number of carbonyl (C=O) groups excluding carboxylic acids is 2. The van der Waals surface area contributed by atoms with E-state index >= 15 is 0 Å². The third kappa shape index (κ3) is 0.877. The van der Waals surface area contributed by atoms with Gasteiger partial charge in [-0.15, -0.1) is 0 Å². The number of ketones is 2. The maximum absolute atomic E-state index is 12.8.